The van der Waals surface area contributed by atoms with Gasteiger partial charge in [0.2, 0.25) is 0 Å². The van der Waals surface area contributed by atoms with Gasteiger partial charge in [0.15, 0.2) is 0 Å². The third kappa shape index (κ3) is 5.97. The van der Waals surface area contributed by atoms with Crippen molar-refractivity contribution in [3.05, 3.63) is 95.1 Å². The van der Waals surface area contributed by atoms with Crippen LogP contribution in [0.2, 0.25) is 0 Å². The first-order valence-electron chi connectivity index (χ1n) is 13.7. The molecule has 0 saturated carbocycles. The summed E-state index contributed by atoms with van der Waals surface area (Å²) in [6.07, 6.45) is 5.83. The maximum Gasteiger partial charge on any atom is 0.258 e. The summed E-state index contributed by atoms with van der Waals surface area (Å²) in [4.78, 5) is 28.6. The van der Waals surface area contributed by atoms with E-state index >= 15 is 0 Å². The van der Waals surface area contributed by atoms with E-state index in [1.807, 2.05) is 42.5 Å². The van der Waals surface area contributed by atoms with Crippen molar-refractivity contribution in [1.29, 1.82) is 0 Å². The fourth-order valence-electron chi connectivity index (χ4n) is 5.13. The van der Waals surface area contributed by atoms with Gasteiger partial charge in [0, 0.05) is 35.6 Å². The molecule has 5 rings (SSSR count). The van der Waals surface area contributed by atoms with E-state index in [9.17, 15) is 9.59 Å². The molecule has 2 aliphatic rings. The molecular formula is C32H36N4O2. The third-order valence-corrected chi connectivity index (χ3v) is 7.23. The van der Waals surface area contributed by atoms with E-state index in [1.165, 1.54) is 24.8 Å². The number of likely N-dealkylation sites (tertiary alicyclic amines) is 1. The molecule has 6 nitrogen and oxygen atoms in total. The minimum absolute atomic E-state index is 0.126. The second kappa shape index (κ2) is 12.1. The van der Waals surface area contributed by atoms with Gasteiger partial charge < -0.3 is 16.0 Å². The molecule has 0 unspecified atom stereocenters. The molecule has 6 heteroatoms. The molecular weight excluding hydrogens is 472 g/mol. The molecule has 3 N–H and O–H groups in total. The molecule has 38 heavy (non-hydrogen) atoms. The van der Waals surface area contributed by atoms with Gasteiger partial charge in [0.1, 0.15) is 0 Å². The van der Waals surface area contributed by atoms with Gasteiger partial charge in [-0.25, -0.2) is 0 Å². The van der Waals surface area contributed by atoms with E-state index in [0.717, 1.165) is 49.3 Å². The molecule has 0 bridgehead atoms. The number of nitrogens with one attached hydrogen (secondary N) is 3. The SMILES string of the molecule is CCCCNC(=O)c1ccc2c(c1)/C(=C(/Nc1ccc(CN3CCCCC3)cc1)c1ccccc1)C(=O)N2. The maximum atomic E-state index is 13.3. The fourth-order valence-corrected chi connectivity index (χ4v) is 5.13. The monoisotopic (exact) mass is 508 g/mol. The lowest BCUT2D eigenvalue weighted by Crippen LogP contribution is -2.29. The molecule has 0 aromatic heterocycles. The standard InChI is InChI=1S/C32H36N4O2/c1-2-3-18-33-31(37)25-14-17-28-27(21-25)29(32(38)35-28)30(24-10-6-4-7-11-24)34-26-15-12-23(13-16-26)22-36-19-8-5-9-20-36/h4,6-7,10-17,21,34H,2-3,5,8-9,18-20,22H2,1H3,(H,33,37)(H,35,38)/b30-29-. The Morgan fingerprint density at radius 2 is 1.68 bits per heavy atom. The van der Waals surface area contributed by atoms with Crippen molar-refractivity contribution in [3.63, 3.8) is 0 Å². The van der Waals surface area contributed by atoms with Crippen molar-refractivity contribution < 1.29 is 9.59 Å². The minimum Gasteiger partial charge on any atom is -0.354 e. The minimum atomic E-state index is -0.184. The number of unbranched alkanes of at least 4 members (excludes halogenated alkanes) is 1. The average molecular weight is 509 g/mol. The number of nitrogens with zero attached hydrogens (tertiary/aromatic N) is 1. The lowest BCUT2D eigenvalue weighted by Gasteiger charge is -2.26. The number of fused-ring (bicyclic) bond motifs is 1. The molecule has 196 valence electrons. The molecule has 2 aliphatic heterocycles. The van der Waals surface area contributed by atoms with E-state index < -0.39 is 0 Å². The summed E-state index contributed by atoms with van der Waals surface area (Å²) in [5, 5.41) is 9.49. The van der Waals surface area contributed by atoms with Crippen LogP contribution in [0.15, 0.2) is 72.8 Å². The number of hydrogen-bond acceptors (Lipinski definition) is 4. The highest BCUT2D eigenvalue weighted by atomic mass is 16.2. The Bertz CT molecular complexity index is 1310. The number of carbonyl (C=O) groups is 2. The van der Waals surface area contributed by atoms with Gasteiger partial charge >= 0.3 is 0 Å². The van der Waals surface area contributed by atoms with Crippen molar-refractivity contribution in [2.24, 2.45) is 0 Å². The predicted molar refractivity (Wildman–Crippen MR) is 155 cm³/mol. The van der Waals surface area contributed by atoms with Crippen LogP contribution >= 0.6 is 0 Å². The van der Waals surface area contributed by atoms with Crippen molar-refractivity contribution >= 4 is 34.5 Å². The summed E-state index contributed by atoms with van der Waals surface area (Å²) in [5.41, 5.74) is 6.33. The van der Waals surface area contributed by atoms with Crippen LogP contribution in [0.1, 0.15) is 66.1 Å². The van der Waals surface area contributed by atoms with Crippen LogP contribution in [0, 0.1) is 0 Å². The van der Waals surface area contributed by atoms with Gasteiger partial charge in [-0.05, 0) is 73.8 Å². The lowest BCUT2D eigenvalue weighted by atomic mass is 9.98. The van der Waals surface area contributed by atoms with E-state index in [2.05, 4.69) is 52.0 Å². The second-order valence-electron chi connectivity index (χ2n) is 10.1. The number of anilines is 2. The average Bonchev–Trinajstić information content (AvgIpc) is 3.28. The molecule has 2 heterocycles. The van der Waals surface area contributed by atoms with Gasteiger partial charge in [-0.2, -0.15) is 0 Å². The highest BCUT2D eigenvalue weighted by Gasteiger charge is 2.29. The number of piperidine rings is 1. The largest absolute Gasteiger partial charge is 0.354 e. The number of amides is 2. The van der Waals surface area contributed by atoms with E-state index in [-0.39, 0.29) is 11.8 Å². The second-order valence-corrected chi connectivity index (χ2v) is 10.1. The number of rotatable bonds is 9. The summed E-state index contributed by atoms with van der Waals surface area (Å²) in [6, 6.07) is 23.7. The van der Waals surface area contributed by atoms with Crippen LogP contribution < -0.4 is 16.0 Å². The fraction of sp³-hybridized carbons (Fsp3) is 0.312. The summed E-state index contributed by atoms with van der Waals surface area (Å²) >= 11 is 0. The van der Waals surface area contributed by atoms with Crippen LogP contribution in [-0.2, 0) is 11.3 Å². The maximum absolute atomic E-state index is 13.3. The Labute approximate surface area is 225 Å². The summed E-state index contributed by atoms with van der Waals surface area (Å²) in [7, 11) is 0. The highest BCUT2D eigenvalue weighted by Crippen LogP contribution is 2.38. The zero-order valence-electron chi connectivity index (χ0n) is 22.1. The van der Waals surface area contributed by atoms with Gasteiger partial charge in [-0.15, -0.1) is 0 Å². The van der Waals surface area contributed by atoms with Gasteiger partial charge in [0.05, 0.1) is 11.3 Å². The van der Waals surface area contributed by atoms with Crippen LogP contribution in [-0.4, -0.2) is 36.3 Å². The topological polar surface area (TPSA) is 73.5 Å². The molecule has 3 aromatic rings. The molecule has 0 atom stereocenters. The van der Waals surface area contributed by atoms with Crippen molar-refractivity contribution in [2.45, 2.75) is 45.6 Å². The van der Waals surface area contributed by atoms with Gasteiger partial charge in [-0.3, -0.25) is 14.5 Å². The first-order chi connectivity index (χ1) is 18.6. The predicted octanol–water partition coefficient (Wildman–Crippen LogP) is 6.13. The zero-order chi connectivity index (χ0) is 26.3. The molecule has 0 aliphatic carbocycles. The van der Waals surface area contributed by atoms with Crippen molar-refractivity contribution in [2.75, 3.05) is 30.3 Å². The Kier molecular flexibility index (Phi) is 8.19. The lowest BCUT2D eigenvalue weighted by molar-refractivity contribution is -0.110. The summed E-state index contributed by atoms with van der Waals surface area (Å²) in [6.45, 7) is 6.02. The molecule has 1 fully saturated rings. The summed E-state index contributed by atoms with van der Waals surface area (Å²) < 4.78 is 0. The Morgan fingerprint density at radius 3 is 2.42 bits per heavy atom. The van der Waals surface area contributed by atoms with Gasteiger partial charge in [-0.1, -0.05) is 62.2 Å². The molecule has 3 aromatic carbocycles. The quantitative estimate of drug-likeness (QED) is 0.240. The number of carbonyl (C=O) groups excluding carboxylic acids is 2. The Hall–Kier alpha value is -3.90. The van der Waals surface area contributed by atoms with E-state index in [1.54, 1.807) is 6.07 Å². The van der Waals surface area contributed by atoms with Crippen LogP contribution in [0.4, 0.5) is 11.4 Å². The number of benzene rings is 3. The van der Waals surface area contributed by atoms with Crippen LogP contribution in [0.5, 0.6) is 0 Å². The van der Waals surface area contributed by atoms with Crippen LogP contribution in [0.25, 0.3) is 11.3 Å². The highest BCUT2D eigenvalue weighted by molar-refractivity contribution is 6.37. The number of hydrogen-bond donors (Lipinski definition) is 3. The van der Waals surface area contributed by atoms with E-state index in [0.29, 0.717) is 29.1 Å². The normalized spacial score (nSPS) is 16.5. The van der Waals surface area contributed by atoms with Crippen molar-refractivity contribution in [3.8, 4) is 0 Å². The van der Waals surface area contributed by atoms with Gasteiger partial charge in [0.25, 0.3) is 11.8 Å². The molecule has 0 spiro atoms. The molecule has 2 amide bonds. The smallest absolute Gasteiger partial charge is 0.258 e. The zero-order valence-corrected chi connectivity index (χ0v) is 22.1. The molecule has 1 saturated heterocycles. The molecule has 0 radical (unpaired) electrons. The first-order valence-corrected chi connectivity index (χ1v) is 13.7. The van der Waals surface area contributed by atoms with Crippen molar-refractivity contribution in [1.82, 2.24) is 10.2 Å². The first kappa shape index (κ1) is 25.7. The summed E-state index contributed by atoms with van der Waals surface area (Å²) in [5.74, 6) is -0.310. The third-order valence-electron chi connectivity index (χ3n) is 7.23. The Balaban J connectivity index is 1.46. The Morgan fingerprint density at radius 1 is 0.921 bits per heavy atom. The van der Waals surface area contributed by atoms with E-state index in [4.69, 9.17) is 0 Å². The van der Waals surface area contributed by atoms with Crippen LogP contribution in [0.3, 0.4) is 0 Å².